The van der Waals surface area contributed by atoms with Crippen LogP contribution < -0.4 is 10.5 Å². The molecule has 94 valence electrons. The largest absolute Gasteiger partial charge is 0.467 e. The number of halogens is 3. The summed E-state index contributed by atoms with van der Waals surface area (Å²) in [6.45, 7) is -1.87. The standard InChI is InChI=1S/C10H10F3NO2S/c11-10(12,13)5-15-6-16-8-4-2-1-3-7(8)9(14)17/h1-4H,5-6H2,(H2,14,17). The molecular weight excluding hydrogens is 255 g/mol. The molecule has 0 radical (unpaired) electrons. The summed E-state index contributed by atoms with van der Waals surface area (Å²) in [5, 5.41) is 0. The molecule has 17 heavy (non-hydrogen) atoms. The highest BCUT2D eigenvalue weighted by atomic mass is 32.1. The average Bonchev–Trinajstić information content (AvgIpc) is 2.23. The Balaban J connectivity index is 2.49. The van der Waals surface area contributed by atoms with E-state index in [2.05, 4.69) is 4.74 Å². The quantitative estimate of drug-likeness (QED) is 0.504. The maximum atomic E-state index is 11.8. The molecule has 1 aromatic rings. The molecule has 0 unspecified atom stereocenters. The number of rotatable bonds is 5. The first-order valence-corrected chi connectivity index (χ1v) is 4.97. The van der Waals surface area contributed by atoms with Gasteiger partial charge in [-0.25, -0.2) is 0 Å². The number of nitrogens with two attached hydrogens (primary N) is 1. The molecule has 0 aromatic heterocycles. The van der Waals surface area contributed by atoms with E-state index in [1.807, 2.05) is 0 Å². The number of alkyl halides is 3. The van der Waals surface area contributed by atoms with Crippen LogP contribution >= 0.6 is 12.2 Å². The van der Waals surface area contributed by atoms with Gasteiger partial charge in [-0.15, -0.1) is 0 Å². The Morgan fingerprint density at radius 3 is 2.53 bits per heavy atom. The molecule has 0 bridgehead atoms. The van der Waals surface area contributed by atoms with Gasteiger partial charge in [-0.1, -0.05) is 24.4 Å². The van der Waals surface area contributed by atoms with E-state index in [1.54, 1.807) is 24.3 Å². The number of hydrogen-bond acceptors (Lipinski definition) is 3. The summed E-state index contributed by atoms with van der Waals surface area (Å²) in [5.74, 6) is 0.294. The van der Waals surface area contributed by atoms with Crippen LogP contribution in [-0.4, -0.2) is 24.6 Å². The third kappa shape index (κ3) is 5.01. The van der Waals surface area contributed by atoms with Crippen molar-refractivity contribution in [2.75, 3.05) is 13.4 Å². The minimum atomic E-state index is -4.37. The molecule has 0 fully saturated rings. The van der Waals surface area contributed by atoms with Crippen molar-refractivity contribution < 1.29 is 22.6 Å². The molecule has 7 heteroatoms. The lowest BCUT2D eigenvalue weighted by molar-refractivity contribution is -0.186. The molecule has 1 aromatic carbocycles. The van der Waals surface area contributed by atoms with Crippen molar-refractivity contribution in [3.8, 4) is 5.75 Å². The second-order valence-electron chi connectivity index (χ2n) is 3.09. The van der Waals surface area contributed by atoms with Gasteiger partial charge in [0.1, 0.15) is 17.3 Å². The number of benzene rings is 1. The Hall–Kier alpha value is -1.34. The predicted molar refractivity (Wildman–Crippen MR) is 59.8 cm³/mol. The van der Waals surface area contributed by atoms with E-state index in [0.29, 0.717) is 11.3 Å². The molecule has 0 amide bonds. The van der Waals surface area contributed by atoms with Gasteiger partial charge < -0.3 is 15.2 Å². The fourth-order valence-electron chi connectivity index (χ4n) is 1.06. The zero-order valence-electron chi connectivity index (χ0n) is 8.66. The fourth-order valence-corrected chi connectivity index (χ4v) is 1.23. The molecule has 1 rings (SSSR count). The zero-order valence-corrected chi connectivity index (χ0v) is 9.48. The van der Waals surface area contributed by atoms with Crippen LogP contribution in [-0.2, 0) is 4.74 Å². The molecule has 0 aliphatic carbocycles. The molecular formula is C10H10F3NO2S. The number of ether oxygens (including phenoxy) is 2. The van der Waals surface area contributed by atoms with Gasteiger partial charge in [0.15, 0.2) is 6.79 Å². The van der Waals surface area contributed by atoms with E-state index in [-0.39, 0.29) is 4.99 Å². The second-order valence-corrected chi connectivity index (χ2v) is 3.53. The molecule has 0 atom stereocenters. The van der Waals surface area contributed by atoms with E-state index in [0.717, 1.165) is 0 Å². The predicted octanol–water partition coefficient (Wildman–Crippen LogP) is 2.24. The first kappa shape index (κ1) is 13.7. The lowest BCUT2D eigenvalue weighted by Gasteiger charge is -2.11. The summed E-state index contributed by atoms with van der Waals surface area (Å²) in [6.07, 6.45) is -4.37. The van der Waals surface area contributed by atoms with E-state index in [4.69, 9.17) is 22.7 Å². The van der Waals surface area contributed by atoms with Crippen molar-refractivity contribution in [1.29, 1.82) is 0 Å². The van der Waals surface area contributed by atoms with E-state index in [9.17, 15) is 13.2 Å². The van der Waals surface area contributed by atoms with Crippen LogP contribution in [0.15, 0.2) is 24.3 Å². The first-order valence-electron chi connectivity index (χ1n) is 4.56. The molecule has 0 aliphatic heterocycles. The van der Waals surface area contributed by atoms with Gasteiger partial charge in [-0.05, 0) is 12.1 Å². The van der Waals surface area contributed by atoms with Crippen molar-refractivity contribution in [2.45, 2.75) is 6.18 Å². The topological polar surface area (TPSA) is 44.5 Å². The highest BCUT2D eigenvalue weighted by Crippen LogP contribution is 2.18. The van der Waals surface area contributed by atoms with Gasteiger partial charge in [-0.3, -0.25) is 0 Å². The molecule has 0 heterocycles. The molecule has 2 N–H and O–H groups in total. The van der Waals surface area contributed by atoms with Crippen LogP contribution in [0.3, 0.4) is 0 Å². The first-order chi connectivity index (χ1) is 7.90. The summed E-state index contributed by atoms with van der Waals surface area (Å²) >= 11 is 4.76. The Morgan fingerprint density at radius 2 is 1.94 bits per heavy atom. The lowest BCUT2D eigenvalue weighted by Crippen LogP contribution is -2.19. The van der Waals surface area contributed by atoms with Crippen molar-refractivity contribution in [1.82, 2.24) is 0 Å². The molecule has 0 aliphatic rings. The van der Waals surface area contributed by atoms with Crippen molar-refractivity contribution >= 4 is 17.2 Å². The summed E-state index contributed by atoms with van der Waals surface area (Å²) in [5.41, 5.74) is 5.88. The van der Waals surface area contributed by atoms with Gasteiger partial charge in [-0.2, -0.15) is 13.2 Å². The summed E-state index contributed by atoms with van der Waals surface area (Å²) in [7, 11) is 0. The number of para-hydroxylation sites is 1. The Bertz CT molecular complexity index is 395. The van der Waals surface area contributed by atoms with E-state index < -0.39 is 19.6 Å². The van der Waals surface area contributed by atoms with E-state index >= 15 is 0 Å². The number of hydrogen-bond donors (Lipinski definition) is 1. The van der Waals surface area contributed by atoms with Crippen LogP contribution in [0.25, 0.3) is 0 Å². The third-order valence-corrected chi connectivity index (χ3v) is 1.94. The Kier molecular flexibility index (Phi) is 4.71. The van der Waals surface area contributed by atoms with Crippen LogP contribution in [0, 0.1) is 0 Å². The molecule has 3 nitrogen and oxygen atoms in total. The van der Waals surface area contributed by atoms with Crippen LogP contribution in [0.4, 0.5) is 13.2 Å². The average molecular weight is 265 g/mol. The second kappa shape index (κ2) is 5.83. The monoisotopic (exact) mass is 265 g/mol. The minimum Gasteiger partial charge on any atom is -0.467 e. The summed E-state index contributed by atoms with van der Waals surface area (Å²) < 4.78 is 44.6. The minimum absolute atomic E-state index is 0.108. The zero-order chi connectivity index (χ0) is 12.9. The van der Waals surface area contributed by atoms with Crippen LogP contribution in [0.5, 0.6) is 5.75 Å². The van der Waals surface area contributed by atoms with Crippen molar-refractivity contribution in [3.05, 3.63) is 29.8 Å². The lowest BCUT2D eigenvalue weighted by atomic mass is 10.2. The Labute approximate surface area is 101 Å². The van der Waals surface area contributed by atoms with Gasteiger partial charge in [0.2, 0.25) is 0 Å². The maximum Gasteiger partial charge on any atom is 0.411 e. The summed E-state index contributed by atoms with van der Waals surface area (Å²) in [4.78, 5) is 0.108. The highest BCUT2D eigenvalue weighted by Gasteiger charge is 2.27. The molecule has 0 saturated carbocycles. The van der Waals surface area contributed by atoms with Crippen LogP contribution in [0.2, 0.25) is 0 Å². The van der Waals surface area contributed by atoms with Gasteiger partial charge >= 0.3 is 6.18 Å². The normalized spacial score (nSPS) is 11.2. The van der Waals surface area contributed by atoms with Crippen molar-refractivity contribution in [2.24, 2.45) is 5.73 Å². The van der Waals surface area contributed by atoms with Gasteiger partial charge in [0.25, 0.3) is 0 Å². The van der Waals surface area contributed by atoms with Gasteiger partial charge in [0, 0.05) is 0 Å². The number of thiocarbonyl (C=S) groups is 1. The molecule has 0 saturated heterocycles. The highest BCUT2D eigenvalue weighted by molar-refractivity contribution is 7.80. The summed E-state index contributed by atoms with van der Waals surface area (Å²) in [6, 6.07) is 6.51. The van der Waals surface area contributed by atoms with E-state index in [1.165, 1.54) is 0 Å². The molecule has 0 spiro atoms. The third-order valence-electron chi connectivity index (χ3n) is 1.72. The Morgan fingerprint density at radius 1 is 1.29 bits per heavy atom. The SMILES string of the molecule is NC(=S)c1ccccc1OCOCC(F)(F)F. The maximum absolute atomic E-state index is 11.8. The smallest absolute Gasteiger partial charge is 0.411 e. The fraction of sp³-hybridized carbons (Fsp3) is 0.300. The van der Waals surface area contributed by atoms with Crippen LogP contribution in [0.1, 0.15) is 5.56 Å². The van der Waals surface area contributed by atoms with Gasteiger partial charge in [0.05, 0.1) is 5.56 Å². The van der Waals surface area contributed by atoms with Crippen molar-refractivity contribution in [3.63, 3.8) is 0 Å².